The molecule has 4 aromatic rings. The quantitative estimate of drug-likeness (QED) is 0.195. The molecule has 0 aliphatic carbocycles. The zero-order chi connectivity index (χ0) is 26.0. The molecule has 4 aromatic carbocycles. The van der Waals surface area contributed by atoms with Gasteiger partial charge < -0.3 is 4.90 Å². The van der Waals surface area contributed by atoms with E-state index in [1.807, 2.05) is 11.8 Å². The van der Waals surface area contributed by atoms with Crippen LogP contribution in [0.1, 0.15) is 0 Å². The largest absolute Gasteiger partial charge is 0.302 e. The maximum absolute atomic E-state index is 4.94. The van der Waals surface area contributed by atoms with Crippen molar-refractivity contribution in [1.82, 2.24) is 4.90 Å². The summed E-state index contributed by atoms with van der Waals surface area (Å²) in [6.45, 7) is -0.306. The van der Waals surface area contributed by atoms with Gasteiger partial charge >= 0.3 is 0 Å². The minimum atomic E-state index is -1.75. The Kier molecular flexibility index (Phi) is 10.2. The van der Waals surface area contributed by atoms with Crippen LogP contribution in [0.25, 0.3) is 0 Å². The third-order valence-corrected chi connectivity index (χ3v) is 14.9. The third kappa shape index (κ3) is 7.01. The molecule has 0 aromatic heterocycles. The molecule has 0 unspecified atom stereocenters. The Labute approximate surface area is 228 Å². The molecule has 0 atom stereocenters. The molecule has 0 bridgehead atoms. The van der Waals surface area contributed by atoms with Crippen LogP contribution in [0.3, 0.4) is 0 Å². The highest BCUT2D eigenvalue weighted by Crippen LogP contribution is 2.44. The summed E-state index contributed by atoms with van der Waals surface area (Å²) in [5.74, 6) is 1.14. The van der Waals surface area contributed by atoms with E-state index in [0.717, 1.165) is 37.7 Å². The molecule has 0 radical (unpaired) electrons. The van der Waals surface area contributed by atoms with Crippen molar-refractivity contribution in [3.05, 3.63) is 121 Å². The van der Waals surface area contributed by atoms with Crippen LogP contribution < -0.4 is 21.2 Å². The van der Waals surface area contributed by atoms with Gasteiger partial charge in [0.15, 0.2) is 0 Å². The normalized spacial score (nSPS) is 12.1. The molecule has 4 heteroatoms. The molecule has 37 heavy (non-hydrogen) atoms. The van der Waals surface area contributed by atoms with E-state index in [0.29, 0.717) is 0 Å². The summed E-state index contributed by atoms with van der Waals surface area (Å²) in [4.78, 5) is 2.67. The maximum Gasteiger partial charge on any atom is 0.00725 e. The van der Waals surface area contributed by atoms with E-state index in [-0.39, 0.29) is 0 Å². The second kappa shape index (κ2) is 13.5. The van der Waals surface area contributed by atoms with E-state index in [4.69, 9.17) is 12.6 Å². The van der Waals surface area contributed by atoms with Gasteiger partial charge in [0.25, 0.3) is 0 Å². The monoisotopic (exact) mass is 543 g/mol. The number of nitrogens with zero attached hydrogens (tertiary/aromatic N) is 1. The van der Waals surface area contributed by atoms with Crippen molar-refractivity contribution in [2.24, 2.45) is 0 Å². The smallest absolute Gasteiger partial charge is 0.00725 e. The van der Waals surface area contributed by atoms with Gasteiger partial charge in [-0.3, -0.25) is 0 Å². The SMILES string of the molecule is C=P(CCN(CCSC)CCP(=C)(c1ccccc1)c1ccccc1)(c1ccccc1)c1ccccc1. The summed E-state index contributed by atoms with van der Waals surface area (Å²) in [6, 6.07) is 43.9. The lowest BCUT2D eigenvalue weighted by atomic mass is 10.4. The summed E-state index contributed by atoms with van der Waals surface area (Å²) in [6.07, 6.45) is 14.2. The zero-order valence-electron chi connectivity index (χ0n) is 22.0. The Bertz CT molecular complexity index is 1120. The van der Waals surface area contributed by atoms with Crippen LogP contribution in [-0.2, 0) is 0 Å². The Morgan fingerprint density at radius 1 is 0.514 bits per heavy atom. The molecule has 0 amide bonds. The molecule has 4 rings (SSSR count). The Morgan fingerprint density at radius 3 is 1.08 bits per heavy atom. The highest BCUT2D eigenvalue weighted by atomic mass is 32.2. The first kappa shape index (κ1) is 27.8. The Hall–Kier alpha value is -2.21. The van der Waals surface area contributed by atoms with E-state index >= 15 is 0 Å². The molecule has 0 saturated carbocycles. The van der Waals surface area contributed by atoms with E-state index in [2.05, 4.69) is 132 Å². The third-order valence-electron chi connectivity index (χ3n) is 7.21. The van der Waals surface area contributed by atoms with Crippen LogP contribution in [0.4, 0.5) is 0 Å². The maximum atomic E-state index is 4.94. The van der Waals surface area contributed by atoms with Crippen molar-refractivity contribution in [3.63, 3.8) is 0 Å². The van der Waals surface area contributed by atoms with Crippen molar-refractivity contribution in [2.75, 3.05) is 44.0 Å². The number of hydrogen-bond donors (Lipinski definition) is 0. The summed E-state index contributed by atoms with van der Waals surface area (Å²) >= 11 is 1.93. The molecule has 0 N–H and O–H groups in total. The molecular weight excluding hydrogens is 504 g/mol. The van der Waals surface area contributed by atoms with Gasteiger partial charge in [-0.1, -0.05) is 148 Å². The van der Waals surface area contributed by atoms with Gasteiger partial charge in [-0.05, 0) is 39.8 Å². The van der Waals surface area contributed by atoms with Crippen LogP contribution >= 0.6 is 25.5 Å². The van der Waals surface area contributed by atoms with Gasteiger partial charge in [-0.25, -0.2) is 0 Å². The molecule has 192 valence electrons. The van der Waals surface area contributed by atoms with E-state index in [1.54, 1.807) is 0 Å². The van der Waals surface area contributed by atoms with E-state index in [9.17, 15) is 0 Å². The predicted molar refractivity (Wildman–Crippen MR) is 177 cm³/mol. The molecule has 0 aliphatic heterocycles. The minimum Gasteiger partial charge on any atom is -0.302 e. The predicted octanol–water partition coefficient (Wildman–Crippen LogP) is 5.85. The second-order valence-electron chi connectivity index (χ2n) is 9.56. The fraction of sp³-hybridized carbons (Fsp3) is 0.212. The number of hydrogen-bond acceptors (Lipinski definition) is 2. The Morgan fingerprint density at radius 2 is 0.811 bits per heavy atom. The fourth-order valence-corrected chi connectivity index (χ4v) is 11.1. The topological polar surface area (TPSA) is 3.24 Å². The number of benzene rings is 4. The number of thioether (sulfide) groups is 1. The zero-order valence-corrected chi connectivity index (χ0v) is 24.6. The van der Waals surface area contributed by atoms with Gasteiger partial charge in [-0.15, -0.1) is 0 Å². The summed E-state index contributed by atoms with van der Waals surface area (Å²) in [7, 11) is 0. The van der Waals surface area contributed by atoms with E-state index < -0.39 is 13.8 Å². The summed E-state index contributed by atoms with van der Waals surface area (Å²) in [5.41, 5.74) is 0. The molecule has 0 saturated heterocycles. The molecule has 0 spiro atoms. The van der Waals surface area contributed by atoms with Crippen molar-refractivity contribution >= 4 is 59.4 Å². The molecule has 0 heterocycles. The van der Waals surface area contributed by atoms with Crippen molar-refractivity contribution in [2.45, 2.75) is 0 Å². The van der Waals surface area contributed by atoms with Gasteiger partial charge in [0, 0.05) is 25.4 Å². The van der Waals surface area contributed by atoms with Gasteiger partial charge in [0.2, 0.25) is 0 Å². The highest BCUT2D eigenvalue weighted by Gasteiger charge is 2.23. The second-order valence-corrected chi connectivity index (χ2v) is 17.4. The van der Waals surface area contributed by atoms with Crippen LogP contribution in [0.15, 0.2) is 121 Å². The average Bonchev–Trinajstić information content (AvgIpc) is 2.98. The standard InChI is InChI=1S/C33H39NP2S/c1-35(30-16-8-4-9-17-30,31-18-10-5-11-19-31)27-24-34(26-29-37-3)25-28-36(2,32-20-12-6-13-21-32)33-22-14-7-15-23-33/h4-23H,1-2,24-29H2,3H3. The van der Waals surface area contributed by atoms with Crippen molar-refractivity contribution in [3.8, 4) is 0 Å². The van der Waals surface area contributed by atoms with Crippen LogP contribution in [0.2, 0.25) is 0 Å². The molecule has 0 aliphatic rings. The van der Waals surface area contributed by atoms with Gasteiger partial charge in [0.05, 0.1) is 0 Å². The van der Waals surface area contributed by atoms with Crippen LogP contribution in [-0.4, -0.2) is 61.5 Å². The minimum absolute atomic E-state index is 1.05. The fourth-order valence-electron chi connectivity index (χ4n) is 4.85. The first-order chi connectivity index (χ1) is 18.1. The average molecular weight is 544 g/mol. The lowest BCUT2D eigenvalue weighted by molar-refractivity contribution is 0.328. The van der Waals surface area contributed by atoms with E-state index in [1.165, 1.54) is 21.2 Å². The Balaban J connectivity index is 1.58. The lowest BCUT2D eigenvalue weighted by Crippen LogP contribution is -2.35. The lowest BCUT2D eigenvalue weighted by Gasteiger charge is -2.32. The van der Waals surface area contributed by atoms with Crippen molar-refractivity contribution in [1.29, 1.82) is 0 Å². The summed E-state index contributed by atoms with van der Waals surface area (Å²) < 4.78 is 0. The van der Waals surface area contributed by atoms with Gasteiger partial charge in [0.1, 0.15) is 0 Å². The molecule has 1 nitrogen and oxygen atoms in total. The van der Waals surface area contributed by atoms with Gasteiger partial charge in [-0.2, -0.15) is 11.8 Å². The first-order valence-electron chi connectivity index (χ1n) is 12.9. The molecular formula is C33H39NP2S. The first-order valence-corrected chi connectivity index (χ1v) is 18.7. The van der Waals surface area contributed by atoms with Crippen molar-refractivity contribution < 1.29 is 0 Å². The summed E-state index contributed by atoms with van der Waals surface area (Å²) in [5, 5.41) is 5.55. The molecule has 0 fully saturated rings. The van der Waals surface area contributed by atoms with Crippen LogP contribution in [0.5, 0.6) is 0 Å². The van der Waals surface area contributed by atoms with Crippen LogP contribution in [0, 0.1) is 0 Å². The number of rotatable bonds is 13. The highest BCUT2D eigenvalue weighted by molar-refractivity contribution is 7.98.